The lowest BCUT2D eigenvalue weighted by molar-refractivity contribution is -0.220. The van der Waals surface area contributed by atoms with Gasteiger partial charge in [-0.25, -0.2) is 4.57 Å². The fourth-order valence-corrected chi connectivity index (χ4v) is 8.71. The van der Waals surface area contributed by atoms with Crippen LogP contribution >= 0.6 is 7.82 Å². The summed E-state index contributed by atoms with van der Waals surface area (Å²) in [5, 5.41) is 50.3. The number of rotatable bonds is 43. The molecule has 0 amide bonds. The highest BCUT2D eigenvalue weighted by atomic mass is 31.2. The van der Waals surface area contributed by atoms with Crippen LogP contribution in [-0.4, -0.2) is 98.3 Å². The van der Waals surface area contributed by atoms with Crippen LogP contribution in [0.1, 0.15) is 206 Å². The molecule has 0 saturated heterocycles. The summed E-state index contributed by atoms with van der Waals surface area (Å²) in [4.78, 5) is 35.8. The van der Waals surface area contributed by atoms with E-state index in [9.17, 15) is 44.6 Å². The van der Waals surface area contributed by atoms with Crippen LogP contribution in [0.15, 0.2) is 60.8 Å². The SMILES string of the molecule is CC/C=C/C/C=C/C/C=C/C/C=C/C/C=C/CCCC(=O)O[C@@H](COC(=O)CCCCCCCCCCCCCCCCCCCCCCC)COP(=O)(O)OC1C(O)C(O)C(O)[C@H](O)C1O. The van der Waals surface area contributed by atoms with Crippen molar-refractivity contribution in [1.29, 1.82) is 0 Å². The lowest BCUT2D eigenvalue weighted by Gasteiger charge is -2.41. The summed E-state index contributed by atoms with van der Waals surface area (Å²) in [5.41, 5.74) is 0. The van der Waals surface area contributed by atoms with Crippen molar-refractivity contribution in [2.24, 2.45) is 0 Å². The predicted molar refractivity (Wildman–Crippen MR) is 267 cm³/mol. The maximum Gasteiger partial charge on any atom is 0.472 e. The molecule has 13 nitrogen and oxygen atoms in total. The zero-order valence-electron chi connectivity index (χ0n) is 41.4. The second-order valence-electron chi connectivity index (χ2n) is 18.0. The Labute approximate surface area is 404 Å². The number of hydrogen-bond donors (Lipinski definition) is 6. The molecule has 14 heteroatoms. The summed E-state index contributed by atoms with van der Waals surface area (Å²) in [6.07, 6.45) is 40.0. The molecule has 0 bridgehead atoms. The minimum absolute atomic E-state index is 0.0179. The molecule has 1 rings (SSSR count). The van der Waals surface area contributed by atoms with Crippen LogP contribution in [0.3, 0.4) is 0 Å². The van der Waals surface area contributed by atoms with Crippen molar-refractivity contribution in [3.8, 4) is 0 Å². The quantitative estimate of drug-likeness (QED) is 0.0146. The molecule has 388 valence electrons. The molecule has 8 atom stereocenters. The van der Waals surface area contributed by atoms with Gasteiger partial charge < -0.3 is 39.9 Å². The van der Waals surface area contributed by atoms with Crippen LogP contribution in [0.5, 0.6) is 0 Å². The monoisotopic (exact) mass is 969 g/mol. The van der Waals surface area contributed by atoms with E-state index < -0.39 is 75.7 Å². The van der Waals surface area contributed by atoms with Gasteiger partial charge in [-0.3, -0.25) is 18.6 Å². The van der Waals surface area contributed by atoms with Crippen molar-refractivity contribution in [2.45, 2.75) is 249 Å². The van der Waals surface area contributed by atoms with Gasteiger partial charge in [0.1, 0.15) is 43.2 Å². The summed E-state index contributed by atoms with van der Waals surface area (Å²) in [5.74, 6) is -1.16. The zero-order chi connectivity index (χ0) is 49.2. The van der Waals surface area contributed by atoms with Gasteiger partial charge in [-0.2, -0.15) is 0 Å². The Hall–Kier alpha value is -2.45. The van der Waals surface area contributed by atoms with Crippen molar-refractivity contribution in [2.75, 3.05) is 13.2 Å². The van der Waals surface area contributed by atoms with Gasteiger partial charge in [0.2, 0.25) is 0 Å². The van der Waals surface area contributed by atoms with Gasteiger partial charge in [0.25, 0.3) is 0 Å². The number of ether oxygens (including phenoxy) is 2. The van der Waals surface area contributed by atoms with Crippen LogP contribution in [0.25, 0.3) is 0 Å². The maximum atomic E-state index is 12.8. The molecule has 0 spiro atoms. The average Bonchev–Trinajstić information content (AvgIpc) is 3.31. The highest BCUT2D eigenvalue weighted by Crippen LogP contribution is 2.47. The van der Waals surface area contributed by atoms with Crippen LogP contribution in [0, 0.1) is 0 Å². The number of esters is 2. The molecule has 0 aromatic heterocycles. The van der Waals surface area contributed by atoms with E-state index in [1.165, 1.54) is 109 Å². The second kappa shape index (κ2) is 42.4. The van der Waals surface area contributed by atoms with E-state index in [1.807, 2.05) is 12.2 Å². The Morgan fingerprint density at radius 1 is 0.478 bits per heavy atom. The lowest BCUT2D eigenvalue weighted by Crippen LogP contribution is -2.64. The van der Waals surface area contributed by atoms with Crippen LogP contribution in [0.2, 0.25) is 0 Å². The number of carbonyl (C=O) groups is 2. The van der Waals surface area contributed by atoms with Gasteiger partial charge in [-0.15, -0.1) is 0 Å². The van der Waals surface area contributed by atoms with Gasteiger partial charge >= 0.3 is 19.8 Å². The Morgan fingerprint density at radius 2 is 0.851 bits per heavy atom. The summed E-state index contributed by atoms with van der Waals surface area (Å²) in [7, 11) is -5.14. The molecule has 1 saturated carbocycles. The minimum Gasteiger partial charge on any atom is -0.462 e. The summed E-state index contributed by atoms with van der Waals surface area (Å²) >= 11 is 0. The van der Waals surface area contributed by atoms with Crippen LogP contribution in [0.4, 0.5) is 0 Å². The molecule has 0 heterocycles. The number of carbonyl (C=O) groups excluding carboxylic acids is 2. The number of hydrogen-bond acceptors (Lipinski definition) is 12. The van der Waals surface area contributed by atoms with Gasteiger partial charge in [0, 0.05) is 12.8 Å². The van der Waals surface area contributed by atoms with Gasteiger partial charge in [-0.1, -0.05) is 203 Å². The summed E-state index contributed by atoms with van der Waals surface area (Å²) < 4.78 is 33.6. The minimum atomic E-state index is -5.14. The van der Waals surface area contributed by atoms with Crippen molar-refractivity contribution in [1.82, 2.24) is 0 Å². The van der Waals surface area contributed by atoms with E-state index >= 15 is 0 Å². The molecular formula is C53H93O13P. The third-order valence-corrected chi connectivity index (χ3v) is 12.9. The van der Waals surface area contributed by atoms with E-state index in [1.54, 1.807) is 0 Å². The standard InChI is InChI=1S/C53H93O13P/c1-3-5-7-9-11-13-15-17-19-21-22-23-24-26-27-29-31-33-35-37-39-41-46(54)63-43-45(44-64-67(61,62)66-53-51(59)49(57)48(56)50(58)52(53)60)65-47(55)42-40-38-36-34-32-30-28-25-20-18-16-14-12-10-8-6-4-2/h6,8,12,14,18,20,28,30,34,36,45,48-53,56-60H,3-5,7,9-11,13,15-17,19,21-27,29,31-33,35,37-44H2,1-2H3,(H,61,62)/b8-6+,14-12+,20-18+,30-28+,36-34+/t45-,48?,49-,50?,51?,52?,53?/m0/s1. The van der Waals surface area contributed by atoms with Gasteiger partial charge in [-0.05, 0) is 51.4 Å². The fraction of sp³-hybridized carbons (Fsp3) is 0.774. The first-order valence-electron chi connectivity index (χ1n) is 26.1. The molecule has 0 aromatic carbocycles. The summed E-state index contributed by atoms with van der Waals surface area (Å²) in [6, 6.07) is 0. The summed E-state index contributed by atoms with van der Waals surface area (Å²) in [6.45, 7) is 3.17. The van der Waals surface area contributed by atoms with E-state index in [4.69, 9.17) is 18.5 Å². The number of allylic oxidation sites excluding steroid dienone is 10. The first-order valence-corrected chi connectivity index (χ1v) is 27.6. The largest absolute Gasteiger partial charge is 0.472 e. The van der Waals surface area contributed by atoms with E-state index in [2.05, 4.69) is 62.5 Å². The van der Waals surface area contributed by atoms with Crippen molar-refractivity contribution < 1.29 is 63.1 Å². The lowest BCUT2D eigenvalue weighted by atomic mass is 9.85. The third-order valence-electron chi connectivity index (χ3n) is 11.9. The molecule has 1 aliphatic rings. The van der Waals surface area contributed by atoms with Crippen molar-refractivity contribution in [3.63, 3.8) is 0 Å². The molecule has 0 aliphatic heterocycles. The molecule has 6 N–H and O–H groups in total. The van der Waals surface area contributed by atoms with Gasteiger partial charge in [0.05, 0.1) is 6.61 Å². The molecular weight excluding hydrogens is 876 g/mol. The van der Waals surface area contributed by atoms with Crippen molar-refractivity contribution >= 4 is 19.8 Å². The van der Waals surface area contributed by atoms with Crippen LogP contribution in [-0.2, 0) is 32.7 Å². The molecule has 1 fully saturated rings. The first kappa shape index (κ1) is 62.6. The molecule has 0 aromatic rings. The van der Waals surface area contributed by atoms with Crippen molar-refractivity contribution in [3.05, 3.63) is 60.8 Å². The number of aliphatic hydroxyl groups is 5. The predicted octanol–water partition coefficient (Wildman–Crippen LogP) is 11.3. The Kier molecular flexibility index (Phi) is 39.6. The second-order valence-corrected chi connectivity index (χ2v) is 19.4. The molecule has 1 aliphatic carbocycles. The Balaban J connectivity index is 2.41. The average molecular weight is 969 g/mol. The zero-order valence-corrected chi connectivity index (χ0v) is 42.3. The van der Waals surface area contributed by atoms with E-state index in [0.717, 1.165) is 51.4 Å². The number of unbranched alkanes of at least 4 members (excludes halogenated alkanes) is 21. The smallest absolute Gasteiger partial charge is 0.462 e. The molecule has 67 heavy (non-hydrogen) atoms. The third kappa shape index (κ3) is 34.5. The number of phosphoric ester groups is 1. The van der Waals surface area contributed by atoms with Gasteiger partial charge in [0.15, 0.2) is 6.10 Å². The fourth-order valence-electron chi connectivity index (χ4n) is 7.74. The first-order chi connectivity index (χ1) is 32.4. The molecule has 0 radical (unpaired) electrons. The molecule has 6 unspecified atom stereocenters. The Morgan fingerprint density at radius 3 is 1.28 bits per heavy atom. The normalized spacial score (nSPS) is 21.6. The highest BCUT2D eigenvalue weighted by molar-refractivity contribution is 7.47. The highest BCUT2D eigenvalue weighted by Gasteiger charge is 2.51. The topological polar surface area (TPSA) is 210 Å². The van der Waals surface area contributed by atoms with E-state index in [0.29, 0.717) is 19.3 Å². The Bertz CT molecular complexity index is 1400. The maximum absolute atomic E-state index is 12.8. The van der Waals surface area contributed by atoms with E-state index in [-0.39, 0.29) is 12.8 Å². The van der Waals surface area contributed by atoms with Crippen LogP contribution < -0.4 is 0 Å². The number of aliphatic hydroxyl groups excluding tert-OH is 5. The number of phosphoric acid groups is 1.